The second-order valence-electron chi connectivity index (χ2n) is 3.22. The highest BCUT2D eigenvalue weighted by atomic mass is 79.9. The molecule has 0 fully saturated rings. The van der Waals surface area contributed by atoms with Gasteiger partial charge in [0.05, 0.1) is 9.40 Å². The molecule has 1 atom stereocenters. The van der Waals surface area contributed by atoms with Crippen molar-refractivity contribution in [1.82, 2.24) is 10.3 Å². The molecule has 0 spiro atoms. The molecule has 1 heterocycles. The standard InChI is InChI=1S/C9H12BrN3O3/c1-6(4-11-2)16-9-8(10)3-7(5-12-9)13(14)15/h3,5-6,11H,4H2,1-2H3. The van der Waals surface area contributed by atoms with Gasteiger partial charge in [0.1, 0.15) is 12.3 Å². The molecule has 16 heavy (non-hydrogen) atoms. The average Bonchev–Trinajstić information content (AvgIpc) is 2.21. The van der Waals surface area contributed by atoms with Gasteiger partial charge in [-0.2, -0.15) is 0 Å². The number of hydrogen-bond acceptors (Lipinski definition) is 5. The van der Waals surface area contributed by atoms with E-state index in [9.17, 15) is 10.1 Å². The van der Waals surface area contributed by atoms with Gasteiger partial charge < -0.3 is 10.1 Å². The number of halogens is 1. The van der Waals surface area contributed by atoms with Crippen LogP contribution in [0.2, 0.25) is 0 Å². The smallest absolute Gasteiger partial charge is 0.288 e. The van der Waals surface area contributed by atoms with Crippen LogP contribution in [0.4, 0.5) is 5.69 Å². The maximum Gasteiger partial charge on any atom is 0.288 e. The quantitative estimate of drug-likeness (QED) is 0.660. The van der Waals surface area contributed by atoms with Crippen molar-refractivity contribution >= 4 is 21.6 Å². The number of ether oxygens (including phenoxy) is 1. The van der Waals surface area contributed by atoms with E-state index in [1.54, 1.807) is 0 Å². The second kappa shape index (κ2) is 5.76. The molecular formula is C9H12BrN3O3. The van der Waals surface area contributed by atoms with Crippen molar-refractivity contribution in [2.24, 2.45) is 0 Å². The minimum absolute atomic E-state index is 0.0599. The lowest BCUT2D eigenvalue weighted by atomic mass is 10.4. The largest absolute Gasteiger partial charge is 0.472 e. The first-order valence-electron chi connectivity index (χ1n) is 4.65. The summed E-state index contributed by atoms with van der Waals surface area (Å²) in [4.78, 5) is 13.9. The monoisotopic (exact) mass is 289 g/mol. The van der Waals surface area contributed by atoms with Crippen LogP contribution in [-0.2, 0) is 0 Å². The molecule has 0 saturated carbocycles. The van der Waals surface area contributed by atoms with Gasteiger partial charge >= 0.3 is 0 Å². The fraction of sp³-hybridized carbons (Fsp3) is 0.444. The number of nitrogens with one attached hydrogen (secondary N) is 1. The number of pyridine rings is 1. The van der Waals surface area contributed by atoms with Crippen molar-refractivity contribution in [3.05, 3.63) is 26.9 Å². The van der Waals surface area contributed by atoms with E-state index in [4.69, 9.17) is 4.74 Å². The van der Waals surface area contributed by atoms with E-state index < -0.39 is 4.92 Å². The molecule has 1 rings (SSSR count). The minimum atomic E-state index is -0.501. The number of nitrogens with zero attached hydrogens (tertiary/aromatic N) is 2. The maximum atomic E-state index is 10.5. The highest BCUT2D eigenvalue weighted by Crippen LogP contribution is 2.26. The fourth-order valence-electron chi connectivity index (χ4n) is 1.12. The summed E-state index contributed by atoms with van der Waals surface area (Å²) in [5.74, 6) is 0.355. The third kappa shape index (κ3) is 3.42. The van der Waals surface area contributed by atoms with E-state index in [1.165, 1.54) is 12.3 Å². The zero-order valence-electron chi connectivity index (χ0n) is 8.94. The van der Waals surface area contributed by atoms with E-state index in [0.29, 0.717) is 16.9 Å². The zero-order chi connectivity index (χ0) is 12.1. The number of nitro groups is 1. The molecule has 0 aliphatic carbocycles. The number of rotatable bonds is 5. The Hall–Kier alpha value is -1.21. The highest BCUT2D eigenvalue weighted by molar-refractivity contribution is 9.10. The van der Waals surface area contributed by atoms with Crippen LogP contribution < -0.4 is 10.1 Å². The third-order valence-electron chi connectivity index (χ3n) is 1.81. The molecule has 0 aromatic carbocycles. The molecule has 7 heteroatoms. The Morgan fingerprint density at radius 2 is 2.44 bits per heavy atom. The molecule has 0 aliphatic rings. The molecule has 1 unspecified atom stereocenters. The van der Waals surface area contributed by atoms with Gasteiger partial charge in [-0.25, -0.2) is 4.98 Å². The summed E-state index contributed by atoms with van der Waals surface area (Å²) in [5.41, 5.74) is -0.0690. The Balaban J connectivity index is 2.79. The van der Waals surface area contributed by atoms with E-state index in [0.717, 1.165) is 0 Å². The van der Waals surface area contributed by atoms with Gasteiger partial charge in [0.25, 0.3) is 5.69 Å². The first-order chi connectivity index (χ1) is 7.54. The Morgan fingerprint density at radius 3 is 2.94 bits per heavy atom. The van der Waals surface area contributed by atoms with Crippen molar-refractivity contribution < 1.29 is 9.66 Å². The van der Waals surface area contributed by atoms with Gasteiger partial charge in [0.2, 0.25) is 5.88 Å². The second-order valence-corrected chi connectivity index (χ2v) is 4.08. The first-order valence-corrected chi connectivity index (χ1v) is 5.45. The molecule has 0 saturated heterocycles. The lowest BCUT2D eigenvalue weighted by Gasteiger charge is -2.13. The predicted octanol–water partition coefficient (Wildman–Crippen LogP) is 1.74. The fourth-order valence-corrected chi connectivity index (χ4v) is 1.55. The summed E-state index contributed by atoms with van der Waals surface area (Å²) in [6, 6.07) is 1.37. The Labute approximate surface area is 101 Å². The van der Waals surface area contributed by atoms with Gasteiger partial charge in [-0.15, -0.1) is 0 Å². The number of hydrogen-bond donors (Lipinski definition) is 1. The maximum absolute atomic E-state index is 10.5. The zero-order valence-corrected chi connectivity index (χ0v) is 10.5. The van der Waals surface area contributed by atoms with Crippen LogP contribution in [0.3, 0.4) is 0 Å². The summed E-state index contributed by atoms with van der Waals surface area (Å²) >= 11 is 3.18. The molecule has 88 valence electrons. The molecule has 1 aromatic heterocycles. The molecule has 0 radical (unpaired) electrons. The summed E-state index contributed by atoms with van der Waals surface area (Å²) in [6.07, 6.45) is 1.11. The van der Waals surface area contributed by atoms with E-state index in [1.807, 2.05) is 14.0 Å². The first kappa shape index (κ1) is 12.9. The normalized spacial score (nSPS) is 12.2. The van der Waals surface area contributed by atoms with Crippen LogP contribution in [0.1, 0.15) is 6.92 Å². The molecule has 0 bridgehead atoms. The Morgan fingerprint density at radius 1 is 1.75 bits per heavy atom. The Kier molecular flexibility index (Phi) is 4.63. The lowest BCUT2D eigenvalue weighted by molar-refractivity contribution is -0.385. The van der Waals surface area contributed by atoms with Crippen molar-refractivity contribution in [2.45, 2.75) is 13.0 Å². The Bertz CT molecular complexity index is 386. The van der Waals surface area contributed by atoms with E-state index >= 15 is 0 Å². The molecule has 6 nitrogen and oxygen atoms in total. The van der Waals surface area contributed by atoms with Crippen LogP contribution in [0.25, 0.3) is 0 Å². The molecule has 0 amide bonds. The topological polar surface area (TPSA) is 77.3 Å². The average molecular weight is 290 g/mol. The van der Waals surface area contributed by atoms with Gasteiger partial charge in [0, 0.05) is 12.6 Å². The van der Waals surface area contributed by atoms with Crippen molar-refractivity contribution in [2.75, 3.05) is 13.6 Å². The van der Waals surface area contributed by atoms with Crippen LogP contribution in [0, 0.1) is 10.1 Å². The molecule has 1 N–H and O–H groups in total. The third-order valence-corrected chi connectivity index (χ3v) is 2.38. The molecular weight excluding hydrogens is 278 g/mol. The number of likely N-dealkylation sites (N-methyl/N-ethyl adjacent to an activating group) is 1. The van der Waals surface area contributed by atoms with Crippen LogP contribution >= 0.6 is 15.9 Å². The highest BCUT2D eigenvalue weighted by Gasteiger charge is 2.13. The SMILES string of the molecule is CNCC(C)Oc1ncc([N+](=O)[O-])cc1Br. The van der Waals surface area contributed by atoms with Gasteiger partial charge in [-0.1, -0.05) is 0 Å². The van der Waals surface area contributed by atoms with Crippen LogP contribution in [0.15, 0.2) is 16.7 Å². The summed E-state index contributed by atoms with van der Waals surface area (Å²) in [7, 11) is 1.82. The summed E-state index contributed by atoms with van der Waals surface area (Å²) in [6.45, 7) is 2.55. The minimum Gasteiger partial charge on any atom is -0.472 e. The van der Waals surface area contributed by atoms with Crippen molar-refractivity contribution in [3.8, 4) is 5.88 Å². The van der Waals surface area contributed by atoms with E-state index in [2.05, 4.69) is 26.2 Å². The van der Waals surface area contributed by atoms with Gasteiger partial charge in [-0.05, 0) is 29.9 Å². The number of aromatic nitrogens is 1. The van der Waals surface area contributed by atoms with Gasteiger partial charge in [0.15, 0.2) is 0 Å². The van der Waals surface area contributed by atoms with Crippen molar-refractivity contribution in [1.29, 1.82) is 0 Å². The predicted molar refractivity (Wildman–Crippen MR) is 62.6 cm³/mol. The molecule has 0 aliphatic heterocycles. The summed E-state index contributed by atoms with van der Waals surface area (Å²) < 4.78 is 5.95. The van der Waals surface area contributed by atoms with Crippen molar-refractivity contribution in [3.63, 3.8) is 0 Å². The van der Waals surface area contributed by atoms with Gasteiger partial charge in [-0.3, -0.25) is 10.1 Å². The van der Waals surface area contributed by atoms with Crippen LogP contribution in [-0.4, -0.2) is 29.6 Å². The molecule has 1 aromatic rings. The summed E-state index contributed by atoms with van der Waals surface area (Å²) in [5, 5.41) is 13.4. The van der Waals surface area contributed by atoms with E-state index in [-0.39, 0.29) is 11.8 Å². The lowest BCUT2D eigenvalue weighted by Crippen LogP contribution is -2.26. The van der Waals surface area contributed by atoms with Crippen LogP contribution in [0.5, 0.6) is 5.88 Å².